The smallest absolute Gasteiger partial charge is 0.339 e. The third-order valence-electron chi connectivity index (χ3n) is 3.27. The largest absolute Gasteiger partial charge is 0.478 e. The highest BCUT2D eigenvalue weighted by Crippen LogP contribution is 2.17. The number of hydrogen-bond donors (Lipinski definition) is 1. The van der Waals surface area contributed by atoms with Crippen molar-refractivity contribution < 1.29 is 24.9 Å². The summed E-state index contributed by atoms with van der Waals surface area (Å²) in [5, 5.41) is 9.28. The number of carboxylic acid groups (broad SMARTS) is 1. The molecule has 0 bridgehead atoms. The molecule has 0 saturated carbocycles. The van der Waals surface area contributed by atoms with Crippen molar-refractivity contribution in [3.05, 3.63) is 48.0 Å². The molecule has 0 aromatic heterocycles. The summed E-state index contributed by atoms with van der Waals surface area (Å²) in [7, 11) is 0. The van der Waals surface area contributed by atoms with Gasteiger partial charge >= 0.3 is 11.9 Å². The number of benzene rings is 1. The molecule has 1 aromatic rings. The SMILES string of the molecule is [2H]c1c([2H])c([2H])c(C(=O)OCC(CCC)CCCC=C)c(C(=O)O)c1[2H]. The monoisotopic (exact) mass is 308 g/mol. The maximum atomic E-state index is 12.4. The molecule has 4 heteroatoms. The van der Waals surface area contributed by atoms with Gasteiger partial charge in [-0.05, 0) is 43.7 Å². The zero-order chi connectivity index (χ0) is 19.9. The van der Waals surface area contributed by atoms with Crippen molar-refractivity contribution in [2.75, 3.05) is 6.61 Å². The first-order valence-electron chi connectivity index (χ1n) is 9.37. The number of carbonyl (C=O) groups is 2. The van der Waals surface area contributed by atoms with Crippen molar-refractivity contribution in [2.24, 2.45) is 5.92 Å². The van der Waals surface area contributed by atoms with Gasteiger partial charge in [0.05, 0.1) is 23.2 Å². The first-order chi connectivity index (χ1) is 12.3. The number of carboxylic acids is 1. The Balaban J connectivity index is 3.05. The van der Waals surface area contributed by atoms with Crippen LogP contribution in [0.5, 0.6) is 0 Å². The van der Waals surface area contributed by atoms with Crippen molar-refractivity contribution in [3.63, 3.8) is 0 Å². The van der Waals surface area contributed by atoms with E-state index in [1.54, 1.807) is 0 Å². The van der Waals surface area contributed by atoms with Gasteiger partial charge in [0.25, 0.3) is 0 Å². The van der Waals surface area contributed by atoms with Crippen LogP contribution in [0.15, 0.2) is 36.8 Å². The summed E-state index contributed by atoms with van der Waals surface area (Å²) in [5.74, 6) is -2.54. The molecule has 0 spiro atoms. The van der Waals surface area contributed by atoms with Crippen LogP contribution in [-0.4, -0.2) is 23.7 Å². The molecule has 0 heterocycles. The van der Waals surface area contributed by atoms with Gasteiger partial charge in [-0.3, -0.25) is 0 Å². The minimum Gasteiger partial charge on any atom is -0.478 e. The Kier molecular flexibility index (Phi) is 5.52. The lowest BCUT2D eigenvalue weighted by Crippen LogP contribution is -2.17. The second-order valence-electron chi connectivity index (χ2n) is 5.03. The third-order valence-corrected chi connectivity index (χ3v) is 3.27. The highest BCUT2D eigenvalue weighted by molar-refractivity contribution is 6.02. The molecule has 1 atom stereocenters. The van der Waals surface area contributed by atoms with Crippen LogP contribution in [0.2, 0.25) is 0 Å². The van der Waals surface area contributed by atoms with Crippen LogP contribution in [0, 0.1) is 5.92 Å². The van der Waals surface area contributed by atoms with E-state index in [4.69, 9.17) is 10.2 Å². The molecule has 0 aliphatic heterocycles. The quantitative estimate of drug-likeness (QED) is 0.397. The highest BCUT2D eigenvalue weighted by Gasteiger charge is 2.18. The number of ether oxygens (including phenoxy) is 1. The van der Waals surface area contributed by atoms with Crippen LogP contribution in [0.3, 0.4) is 0 Å². The first-order valence-corrected chi connectivity index (χ1v) is 7.37. The summed E-state index contributed by atoms with van der Waals surface area (Å²) in [5.41, 5.74) is -1.40. The molecule has 0 aliphatic carbocycles. The van der Waals surface area contributed by atoms with Crippen LogP contribution >= 0.6 is 0 Å². The summed E-state index contributed by atoms with van der Waals surface area (Å²) >= 11 is 0. The first kappa shape index (κ1) is 12.4. The Morgan fingerprint density at radius 2 is 2.05 bits per heavy atom. The summed E-state index contributed by atoms with van der Waals surface area (Å²) in [6, 6.07) is -2.83. The summed E-state index contributed by atoms with van der Waals surface area (Å²) in [4.78, 5) is 23.8. The van der Waals surface area contributed by atoms with Gasteiger partial charge in [0.15, 0.2) is 0 Å². The lowest BCUT2D eigenvalue weighted by Gasteiger charge is -2.16. The molecular weight excluding hydrogens is 280 g/mol. The fraction of sp³-hybridized carbons (Fsp3) is 0.444. The van der Waals surface area contributed by atoms with E-state index < -0.39 is 47.2 Å². The van der Waals surface area contributed by atoms with E-state index in [2.05, 4.69) is 6.58 Å². The Hall–Kier alpha value is -2.10. The molecular formula is C18H24O4. The lowest BCUT2D eigenvalue weighted by molar-refractivity contribution is 0.0416. The molecule has 0 aliphatic rings. The fourth-order valence-corrected chi connectivity index (χ4v) is 2.16. The maximum Gasteiger partial charge on any atom is 0.339 e. The van der Waals surface area contributed by atoms with E-state index in [-0.39, 0.29) is 12.5 Å². The van der Waals surface area contributed by atoms with Crippen molar-refractivity contribution in [1.29, 1.82) is 0 Å². The van der Waals surface area contributed by atoms with E-state index in [1.807, 2.05) is 13.0 Å². The molecule has 22 heavy (non-hydrogen) atoms. The molecule has 0 fully saturated rings. The molecule has 0 radical (unpaired) electrons. The van der Waals surface area contributed by atoms with Crippen molar-refractivity contribution >= 4 is 11.9 Å². The van der Waals surface area contributed by atoms with E-state index >= 15 is 0 Å². The average molecular weight is 308 g/mol. The Labute approximate surface area is 137 Å². The van der Waals surface area contributed by atoms with Crippen LogP contribution < -0.4 is 0 Å². The van der Waals surface area contributed by atoms with Crippen molar-refractivity contribution in [1.82, 2.24) is 0 Å². The van der Waals surface area contributed by atoms with E-state index in [9.17, 15) is 14.7 Å². The van der Waals surface area contributed by atoms with Crippen molar-refractivity contribution in [3.8, 4) is 0 Å². The van der Waals surface area contributed by atoms with Gasteiger partial charge in [0, 0.05) is 0 Å². The van der Waals surface area contributed by atoms with Crippen molar-refractivity contribution in [2.45, 2.75) is 39.0 Å². The molecule has 0 saturated heterocycles. The molecule has 1 aromatic carbocycles. The number of hydrogen-bond acceptors (Lipinski definition) is 3. The predicted molar refractivity (Wildman–Crippen MR) is 86.1 cm³/mol. The summed E-state index contributed by atoms with van der Waals surface area (Å²) < 4.78 is 36.0. The van der Waals surface area contributed by atoms with Crippen LogP contribution in [-0.2, 0) is 4.74 Å². The van der Waals surface area contributed by atoms with Gasteiger partial charge < -0.3 is 9.84 Å². The van der Waals surface area contributed by atoms with Gasteiger partial charge in [-0.15, -0.1) is 6.58 Å². The molecule has 0 amide bonds. The molecule has 1 rings (SSSR count). The van der Waals surface area contributed by atoms with Gasteiger partial charge in [-0.25, -0.2) is 9.59 Å². The fourth-order valence-electron chi connectivity index (χ4n) is 2.16. The van der Waals surface area contributed by atoms with Gasteiger partial charge in [0.1, 0.15) is 0 Å². The van der Waals surface area contributed by atoms with E-state index in [1.165, 1.54) is 0 Å². The minimum atomic E-state index is -1.60. The normalized spacial score (nSPS) is 14.2. The number of esters is 1. The molecule has 120 valence electrons. The van der Waals surface area contributed by atoms with E-state index in [0.29, 0.717) is 0 Å². The zero-order valence-corrected chi connectivity index (χ0v) is 12.8. The minimum absolute atomic E-state index is 0.0750. The Morgan fingerprint density at radius 1 is 1.36 bits per heavy atom. The Morgan fingerprint density at radius 3 is 2.64 bits per heavy atom. The highest BCUT2D eigenvalue weighted by atomic mass is 16.5. The number of carbonyl (C=O) groups excluding carboxylic acids is 1. The molecule has 4 nitrogen and oxygen atoms in total. The number of rotatable bonds is 10. The maximum absolute atomic E-state index is 12.4. The second-order valence-corrected chi connectivity index (χ2v) is 5.03. The summed E-state index contributed by atoms with van der Waals surface area (Å²) in [6.07, 6.45) is 6.13. The number of aromatic carboxylic acids is 1. The lowest BCUT2D eigenvalue weighted by atomic mass is 9.98. The number of unbranched alkanes of at least 4 members (excludes halogenated alkanes) is 1. The van der Waals surface area contributed by atoms with E-state index in [0.717, 1.165) is 32.1 Å². The summed E-state index contributed by atoms with van der Waals surface area (Å²) in [6.45, 7) is 5.75. The molecule has 1 unspecified atom stereocenters. The van der Waals surface area contributed by atoms with Gasteiger partial charge in [-0.1, -0.05) is 31.5 Å². The van der Waals surface area contributed by atoms with Crippen LogP contribution in [0.1, 0.15) is 65.2 Å². The van der Waals surface area contributed by atoms with Gasteiger partial charge in [-0.2, -0.15) is 0 Å². The topological polar surface area (TPSA) is 63.6 Å². The molecule has 1 N–H and O–H groups in total. The van der Waals surface area contributed by atoms with Crippen LogP contribution in [0.4, 0.5) is 0 Å². The number of allylic oxidation sites excluding steroid dienone is 1. The average Bonchev–Trinajstić information content (AvgIpc) is 2.60. The third kappa shape index (κ3) is 5.72. The second kappa shape index (κ2) is 9.77. The van der Waals surface area contributed by atoms with Crippen LogP contribution in [0.25, 0.3) is 0 Å². The Bertz CT molecular complexity index is 689. The standard InChI is InChI=1S/C18H24O4/c1-3-5-6-10-14(9-4-2)13-22-18(21)16-12-8-7-11-15(16)17(19)20/h3,7-8,11-12,14H,1,4-6,9-10,13H2,2H3,(H,19,20)/i7D,8D,11D,12D. The zero-order valence-electron chi connectivity index (χ0n) is 16.8. The van der Waals surface area contributed by atoms with Gasteiger partial charge in [0.2, 0.25) is 0 Å². The predicted octanol–water partition coefficient (Wildman–Crippen LogP) is 4.31.